The molecular weight excluding hydrogens is 248 g/mol. The molecule has 0 heterocycles. The molecule has 0 radical (unpaired) electrons. The summed E-state index contributed by atoms with van der Waals surface area (Å²) in [5.74, 6) is 0.282. The minimum atomic E-state index is 0.0440. The summed E-state index contributed by atoms with van der Waals surface area (Å²) < 4.78 is 0. The maximum absolute atomic E-state index is 12.3. The predicted octanol–water partition coefficient (Wildman–Crippen LogP) is 3.79. The fourth-order valence-electron chi connectivity index (χ4n) is 2.15. The monoisotopic (exact) mass is 274 g/mol. The van der Waals surface area contributed by atoms with Crippen LogP contribution in [0.4, 0.5) is 0 Å². The first-order valence-electron chi connectivity index (χ1n) is 7.54. The van der Waals surface area contributed by atoms with Gasteiger partial charge in [-0.2, -0.15) is 0 Å². The van der Waals surface area contributed by atoms with Crippen molar-refractivity contribution in [1.82, 2.24) is 0 Å². The summed E-state index contributed by atoms with van der Waals surface area (Å²) in [6.07, 6.45) is 7.39. The molecule has 110 valence electrons. The van der Waals surface area contributed by atoms with Crippen molar-refractivity contribution in [2.75, 3.05) is 6.61 Å². The van der Waals surface area contributed by atoms with E-state index in [0.717, 1.165) is 25.7 Å². The largest absolute Gasteiger partial charge is 0.396 e. The maximum Gasteiger partial charge on any atom is 0.158 e. The molecule has 1 N–H and O–H groups in total. The highest BCUT2D eigenvalue weighted by Crippen LogP contribution is 2.17. The molecule has 1 aromatic rings. The third kappa shape index (κ3) is 6.16. The van der Waals surface area contributed by atoms with Crippen molar-refractivity contribution >= 4 is 5.78 Å². The number of rotatable bonds is 9. The highest BCUT2D eigenvalue weighted by Gasteiger charge is 2.16. The average Bonchev–Trinajstić information content (AvgIpc) is 2.49. The quantitative estimate of drug-likeness (QED) is 0.696. The number of hydrogen-bond donors (Lipinski definition) is 1. The molecule has 0 saturated heterocycles. The van der Waals surface area contributed by atoms with E-state index in [1.807, 2.05) is 31.2 Å². The molecule has 2 nitrogen and oxygen atoms in total. The van der Waals surface area contributed by atoms with Crippen molar-refractivity contribution in [3.63, 3.8) is 0 Å². The molecule has 20 heavy (non-hydrogen) atoms. The van der Waals surface area contributed by atoms with Gasteiger partial charge in [-0.3, -0.25) is 4.79 Å². The van der Waals surface area contributed by atoms with Crippen LogP contribution in [0.1, 0.15) is 38.7 Å². The van der Waals surface area contributed by atoms with Gasteiger partial charge in [-0.15, -0.1) is 0 Å². The second kappa shape index (κ2) is 9.49. The molecule has 0 aliphatic rings. The highest BCUT2D eigenvalue weighted by molar-refractivity contribution is 5.91. The van der Waals surface area contributed by atoms with Gasteiger partial charge >= 0.3 is 0 Å². The first-order chi connectivity index (χ1) is 9.67. The van der Waals surface area contributed by atoms with Crippen molar-refractivity contribution in [2.24, 2.45) is 11.8 Å². The van der Waals surface area contributed by atoms with Crippen molar-refractivity contribution < 1.29 is 9.90 Å². The molecule has 0 aliphatic heterocycles. The molecular formula is C18H26O2. The van der Waals surface area contributed by atoms with Crippen LogP contribution in [0.25, 0.3) is 0 Å². The molecule has 0 spiro atoms. The van der Waals surface area contributed by atoms with Gasteiger partial charge < -0.3 is 5.11 Å². The summed E-state index contributed by atoms with van der Waals surface area (Å²) in [6, 6.07) is 10.2. The Labute approximate surface area is 122 Å². The van der Waals surface area contributed by atoms with Crippen LogP contribution in [0.2, 0.25) is 0 Å². The maximum atomic E-state index is 12.3. The van der Waals surface area contributed by atoms with Crippen molar-refractivity contribution in [1.29, 1.82) is 0 Å². The van der Waals surface area contributed by atoms with E-state index >= 15 is 0 Å². The Balaban J connectivity index is 2.68. The molecule has 0 aliphatic carbocycles. The fraction of sp³-hybridized carbons (Fsp3) is 0.500. The Bertz CT molecular complexity index is 409. The van der Waals surface area contributed by atoms with Crippen LogP contribution in [0, 0.1) is 11.8 Å². The number of allylic oxidation sites excluding steroid dienone is 1. The van der Waals surface area contributed by atoms with E-state index < -0.39 is 0 Å². The summed E-state index contributed by atoms with van der Waals surface area (Å²) >= 11 is 0. The van der Waals surface area contributed by atoms with Gasteiger partial charge in [0.1, 0.15) is 0 Å². The summed E-state index contributed by atoms with van der Waals surface area (Å²) in [5.41, 5.74) is 1.21. The zero-order valence-electron chi connectivity index (χ0n) is 12.6. The standard InChI is InChI=1S/C18H26O2/c1-3-4-10-17(13-16-8-6-5-7-9-16)18(20)12-11-15(2)14-19/h5-9,11-12,15,17,19H,3-4,10,13-14H2,1-2H3. The van der Waals surface area contributed by atoms with Crippen LogP contribution < -0.4 is 0 Å². The van der Waals surface area contributed by atoms with Crippen molar-refractivity contribution in [2.45, 2.75) is 39.5 Å². The number of benzene rings is 1. The van der Waals surface area contributed by atoms with Crippen LogP contribution >= 0.6 is 0 Å². The minimum absolute atomic E-state index is 0.0440. The topological polar surface area (TPSA) is 37.3 Å². The van der Waals surface area contributed by atoms with Gasteiger partial charge in [-0.1, -0.05) is 63.1 Å². The van der Waals surface area contributed by atoms with E-state index in [1.54, 1.807) is 6.08 Å². The van der Waals surface area contributed by atoms with Crippen molar-refractivity contribution in [3.05, 3.63) is 48.0 Å². The lowest BCUT2D eigenvalue weighted by molar-refractivity contribution is -0.118. The second-order valence-electron chi connectivity index (χ2n) is 5.45. The van der Waals surface area contributed by atoms with E-state index in [4.69, 9.17) is 5.11 Å². The number of hydrogen-bond acceptors (Lipinski definition) is 2. The van der Waals surface area contributed by atoms with Crippen LogP contribution in [-0.2, 0) is 11.2 Å². The number of aliphatic hydroxyl groups is 1. The third-order valence-corrected chi connectivity index (χ3v) is 3.51. The summed E-state index contributed by atoms with van der Waals surface area (Å²) in [5, 5.41) is 9.00. The Morgan fingerprint density at radius 3 is 2.60 bits per heavy atom. The molecule has 2 atom stereocenters. The van der Waals surface area contributed by atoms with Gasteiger partial charge in [0, 0.05) is 12.5 Å². The van der Waals surface area contributed by atoms with Gasteiger partial charge in [-0.25, -0.2) is 0 Å². The van der Waals surface area contributed by atoms with E-state index in [9.17, 15) is 4.79 Å². The van der Waals surface area contributed by atoms with Crippen molar-refractivity contribution in [3.8, 4) is 0 Å². The number of unbranched alkanes of at least 4 members (excludes halogenated alkanes) is 1. The first-order valence-corrected chi connectivity index (χ1v) is 7.54. The average molecular weight is 274 g/mol. The van der Waals surface area contributed by atoms with Gasteiger partial charge in [0.05, 0.1) is 0 Å². The molecule has 1 aromatic carbocycles. The second-order valence-corrected chi connectivity index (χ2v) is 5.45. The van der Waals surface area contributed by atoms with Gasteiger partial charge in [0.2, 0.25) is 0 Å². The van der Waals surface area contributed by atoms with E-state index in [0.29, 0.717) is 0 Å². The molecule has 1 rings (SSSR count). The number of carbonyl (C=O) groups excluding carboxylic acids is 1. The van der Waals surface area contributed by atoms with Crippen LogP contribution in [-0.4, -0.2) is 17.5 Å². The van der Waals surface area contributed by atoms with Gasteiger partial charge in [0.25, 0.3) is 0 Å². The normalized spacial score (nSPS) is 14.3. The Kier molecular flexibility index (Phi) is 7.89. The first kappa shape index (κ1) is 16.6. The zero-order valence-corrected chi connectivity index (χ0v) is 12.6. The van der Waals surface area contributed by atoms with E-state index in [2.05, 4.69) is 19.1 Å². The number of aliphatic hydroxyl groups excluding tert-OH is 1. The Morgan fingerprint density at radius 1 is 1.30 bits per heavy atom. The summed E-state index contributed by atoms with van der Waals surface area (Å²) in [7, 11) is 0. The Hall–Kier alpha value is -1.41. The van der Waals surface area contributed by atoms with Gasteiger partial charge in [-0.05, 0) is 30.4 Å². The molecule has 2 heteroatoms. The lowest BCUT2D eigenvalue weighted by Gasteiger charge is -2.14. The number of ketones is 1. The fourth-order valence-corrected chi connectivity index (χ4v) is 2.15. The Morgan fingerprint density at radius 2 is 2.00 bits per heavy atom. The molecule has 2 unspecified atom stereocenters. The van der Waals surface area contributed by atoms with Crippen LogP contribution in [0.15, 0.2) is 42.5 Å². The molecule has 0 aromatic heterocycles. The smallest absolute Gasteiger partial charge is 0.158 e. The summed E-state index contributed by atoms with van der Waals surface area (Å²) in [6.45, 7) is 4.14. The lowest BCUT2D eigenvalue weighted by Crippen LogP contribution is -2.15. The third-order valence-electron chi connectivity index (χ3n) is 3.51. The SMILES string of the molecule is CCCCC(Cc1ccccc1)C(=O)C=CC(C)CO. The van der Waals surface area contributed by atoms with Crippen LogP contribution in [0.5, 0.6) is 0 Å². The van der Waals surface area contributed by atoms with Crippen LogP contribution in [0.3, 0.4) is 0 Å². The molecule has 0 bridgehead atoms. The minimum Gasteiger partial charge on any atom is -0.396 e. The highest BCUT2D eigenvalue weighted by atomic mass is 16.3. The van der Waals surface area contributed by atoms with E-state index in [1.165, 1.54) is 5.56 Å². The number of carbonyl (C=O) groups is 1. The molecule has 0 fully saturated rings. The molecule has 0 saturated carbocycles. The summed E-state index contributed by atoms with van der Waals surface area (Å²) in [4.78, 5) is 12.3. The zero-order chi connectivity index (χ0) is 14.8. The van der Waals surface area contributed by atoms with Gasteiger partial charge in [0.15, 0.2) is 5.78 Å². The van der Waals surface area contributed by atoms with E-state index in [-0.39, 0.29) is 24.2 Å². The molecule has 0 amide bonds. The predicted molar refractivity (Wildman–Crippen MR) is 83.6 cm³/mol. The lowest BCUT2D eigenvalue weighted by atomic mass is 9.90.